The fraction of sp³-hybridized carbons (Fsp3) is 1.00. The van der Waals surface area contributed by atoms with E-state index in [4.69, 9.17) is 0 Å². The summed E-state index contributed by atoms with van der Waals surface area (Å²) >= 11 is 0. The summed E-state index contributed by atoms with van der Waals surface area (Å²) in [6.07, 6.45) is 26.2. The van der Waals surface area contributed by atoms with Crippen molar-refractivity contribution in [2.24, 2.45) is 23.7 Å². The molecule has 8 aliphatic heterocycles. The zero-order chi connectivity index (χ0) is 30.0. The predicted octanol–water partition coefficient (Wildman–Crippen LogP) is 8.30. The molecule has 0 N–H and O–H groups in total. The summed E-state index contributed by atoms with van der Waals surface area (Å²) < 4.78 is 0. The third-order valence-corrected chi connectivity index (χ3v) is 13.8. The first-order valence-electron chi connectivity index (χ1n) is 19.0. The average Bonchev–Trinajstić information content (AvgIpc) is 3.25. The molecule has 0 saturated carbocycles. The molecular formula is C38H72N4. The minimum atomic E-state index is 0.928. The van der Waals surface area contributed by atoms with Crippen LogP contribution in [0.4, 0.5) is 0 Å². The van der Waals surface area contributed by atoms with Gasteiger partial charge in [0.25, 0.3) is 0 Å². The monoisotopic (exact) mass is 585 g/mol. The number of hydrogen-bond donors (Lipinski definition) is 0. The Balaban J connectivity index is 0.000000112. The van der Waals surface area contributed by atoms with Gasteiger partial charge in [-0.2, -0.15) is 0 Å². The highest BCUT2D eigenvalue weighted by Crippen LogP contribution is 2.38. The van der Waals surface area contributed by atoms with Gasteiger partial charge in [0.05, 0.1) is 0 Å². The van der Waals surface area contributed by atoms with Crippen molar-refractivity contribution in [3.63, 3.8) is 0 Å². The average molecular weight is 585 g/mol. The Morgan fingerprint density at radius 1 is 0.286 bits per heavy atom. The number of nitrogens with zero attached hydrogens (tertiary/aromatic N) is 4. The molecule has 8 unspecified atom stereocenters. The molecule has 0 aromatic rings. The van der Waals surface area contributed by atoms with Crippen LogP contribution in [0.15, 0.2) is 0 Å². The number of rotatable bonds is 0. The maximum Gasteiger partial charge on any atom is 0.00982 e. The minimum absolute atomic E-state index is 0.928. The Morgan fingerprint density at radius 2 is 0.452 bits per heavy atom. The van der Waals surface area contributed by atoms with E-state index in [9.17, 15) is 0 Å². The van der Waals surface area contributed by atoms with E-state index < -0.39 is 0 Å². The van der Waals surface area contributed by atoms with Crippen molar-refractivity contribution in [3.8, 4) is 0 Å². The second-order valence-electron chi connectivity index (χ2n) is 17.2. The van der Waals surface area contributed by atoms with E-state index in [1.165, 1.54) is 116 Å². The van der Waals surface area contributed by atoms with Crippen LogP contribution < -0.4 is 0 Å². The van der Waals surface area contributed by atoms with E-state index in [2.05, 4.69) is 75.5 Å². The van der Waals surface area contributed by atoms with Gasteiger partial charge in [0.2, 0.25) is 0 Å². The first-order chi connectivity index (χ1) is 20.1. The Bertz CT molecular complexity index is 695. The van der Waals surface area contributed by atoms with E-state index in [1.54, 1.807) is 0 Å². The fourth-order valence-electron chi connectivity index (χ4n) is 11.1. The Morgan fingerprint density at radius 3 is 0.643 bits per heavy atom. The second kappa shape index (κ2) is 15.0. The lowest BCUT2D eigenvalue weighted by atomic mass is 9.80. The van der Waals surface area contributed by atoms with Crippen LogP contribution in [0.3, 0.4) is 0 Å². The molecule has 0 amide bonds. The van der Waals surface area contributed by atoms with Gasteiger partial charge in [0.1, 0.15) is 0 Å². The van der Waals surface area contributed by atoms with Gasteiger partial charge in [-0.05, 0) is 155 Å². The molecule has 8 bridgehead atoms. The molecular weight excluding hydrogens is 512 g/mol. The standard InChI is InChI=1S/2C10H19N.2C9H17N/c2*1-8-6-9-4-3-5-10(7-8)11(9)2;2*1-7-5-8-3-4-9(6-7)10(8)2/h2*8-10H,3-7H2,1-2H3;2*7-9H,3-6H2,1-2H3. The molecule has 8 heterocycles. The van der Waals surface area contributed by atoms with Crippen LogP contribution in [0.2, 0.25) is 0 Å². The SMILES string of the molecule is CC1CC2CCC(C1)N2C.CC1CC2CCC(C1)N2C.CC1CC2CCCC(C1)N2C.CC1CC2CCCC(C1)N2C. The zero-order valence-electron chi connectivity index (χ0n) is 29.4. The lowest BCUT2D eigenvalue weighted by Crippen LogP contribution is -2.49. The molecule has 0 spiro atoms. The van der Waals surface area contributed by atoms with Crippen LogP contribution in [-0.4, -0.2) is 96.1 Å². The van der Waals surface area contributed by atoms with Crippen molar-refractivity contribution in [3.05, 3.63) is 0 Å². The predicted molar refractivity (Wildman–Crippen MR) is 181 cm³/mol. The summed E-state index contributed by atoms with van der Waals surface area (Å²) in [6, 6.07) is 7.47. The quantitative estimate of drug-likeness (QED) is 0.284. The summed E-state index contributed by atoms with van der Waals surface area (Å²) in [7, 11) is 9.24. The van der Waals surface area contributed by atoms with Crippen molar-refractivity contribution >= 4 is 0 Å². The van der Waals surface area contributed by atoms with Crippen LogP contribution in [0.1, 0.15) is 143 Å². The van der Waals surface area contributed by atoms with Crippen molar-refractivity contribution in [2.45, 2.75) is 192 Å². The smallest absolute Gasteiger partial charge is 0.00982 e. The van der Waals surface area contributed by atoms with Gasteiger partial charge in [-0.15, -0.1) is 0 Å². The summed E-state index contributed by atoms with van der Waals surface area (Å²) in [5.41, 5.74) is 0. The second-order valence-corrected chi connectivity index (χ2v) is 17.2. The van der Waals surface area contributed by atoms with Crippen LogP contribution in [0.25, 0.3) is 0 Å². The van der Waals surface area contributed by atoms with E-state index >= 15 is 0 Å². The van der Waals surface area contributed by atoms with Crippen molar-refractivity contribution in [2.75, 3.05) is 28.2 Å². The molecule has 4 nitrogen and oxygen atoms in total. The highest BCUT2D eigenvalue weighted by Gasteiger charge is 2.38. The largest absolute Gasteiger partial charge is 0.300 e. The number of piperidine rings is 6. The molecule has 4 heteroatoms. The Labute approximate surface area is 262 Å². The Hall–Kier alpha value is -0.160. The first-order valence-corrected chi connectivity index (χ1v) is 19.0. The molecule has 0 radical (unpaired) electrons. The summed E-state index contributed by atoms with van der Waals surface area (Å²) in [4.78, 5) is 10.5. The summed E-state index contributed by atoms with van der Waals surface area (Å²) in [6.45, 7) is 9.63. The first kappa shape index (κ1) is 33.2. The highest BCUT2D eigenvalue weighted by atomic mass is 15.2. The molecule has 244 valence electrons. The van der Waals surface area contributed by atoms with Gasteiger partial charge in [-0.1, -0.05) is 40.5 Å². The third-order valence-electron chi connectivity index (χ3n) is 13.8. The fourth-order valence-corrected chi connectivity index (χ4v) is 11.1. The molecule has 0 aliphatic carbocycles. The van der Waals surface area contributed by atoms with Crippen LogP contribution in [-0.2, 0) is 0 Å². The van der Waals surface area contributed by atoms with Gasteiger partial charge in [0.15, 0.2) is 0 Å². The van der Waals surface area contributed by atoms with Crippen molar-refractivity contribution in [1.82, 2.24) is 19.6 Å². The molecule has 8 fully saturated rings. The molecule has 8 atom stereocenters. The lowest BCUT2D eigenvalue weighted by molar-refractivity contribution is 0.0415. The topological polar surface area (TPSA) is 13.0 Å². The number of hydrogen-bond acceptors (Lipinski definition) is 4. The number of fused-ring (bicyclic) bond motifs is 8. The normalized spacial score (nSPS) is 46.9. The van der Waals surface area contributed by atoms with Gasteiger partial charge < -0.3 is 19.6 Å². The van der Waals surface area contributed by atoms with E-state index in [0.29, 0.717) is 0 Å². The van der Waals surface area contributed by atoms with Crippen LogP contribution >= 0.6 is 0 Å². The molecule has 8 rings (SSSR count). The zero-order valence-corrected chi connectivity index (χ0v) is 29.4. The lowest BCUT2D eigenvalue weighted by Gasteiger charge is -2.46. The van der Waals surface area contributed by atoms with Crippen LogP contribution in [0.5, 0.6) is 0 Å². The van der Waals surface area contributed by atoms with Crippen LogP contribution in [0, 0.1) is 23.7 Å². The van der Waals surface area contributed by atoms with Gasteiger partial charge >= 0.3 is 0 Å². The van der Waals surface area contributed by atoms with Crippen molar-refractivity contribution in [1.29, 1.82) is 0 Å². The maximum absolute atomic E-state index is 2.63. The maximum atomic E-state index is 2.63. The van der Waals surface area contributed by atoms with E-state index in [1.807, 2.05) is 0 Å². The van der Waals surface area contributed by atoms with Gasteiger partial charge in [-0.3, -0.25) is 0 Å². The van der Waals surface area contributed by atoms with E-state index in [0.717, 1.165) is 72.0 Å². The molecule has 0 aromatic heterocycles. The minimum Gasteiger partial charge on any atom is -0.300 e. The highest BCUT2D eigenvalue weighted by molar-refractivity contribution is 4.93. The van der Waals surface area contributed by atoms with Gasteiger partial charge in [0, 0.05) is 48.3 Å². The molecule has 8 saturated heterocycles. The third kappa shape index (κ3) is 8.16. The summed E-state index contributed by atoms with van der Waals surface area (Å²) in [5.74, 6) is 3.96. The molecule has 0 aromatic carbocycles. The van der Waals surface area contributed by atoms with Gasteiger partial charge in [-0.25, -0.2) is 0 Å². The van der Waals surface area contributed by atoms with E-state index in [-0.39, 0.29) is 0 Å². The summed E-state index contributed by atoms with van der Waals surface area (Å²) in [5, 5.41) is 0. The Kier molecular flexibility index (Phi) is 11.8. The van der Waals surface area contributed by atoms with Crippen molar-refractivity contribution < 1.29 is 0 Å². The molecule has 42 heavy (non-hydrogen) atoms. The molecule has 8 aliphatic rings.